The molecular weight excluding hydrogens is 267 g/mol. The van der Waals surface area contributed by atoms with Gasteiger partial charge in [0.1, 0.15) is 4.87 Å². The fraction of sp³-hybridized carbons (Fsp3) is 0.0714. The Morgan fingerprint density at radius 1 is 1.06 bits per heavy atom. The van der Waals surface area contributed by atoms with Crippen LogP contribution >= 0.6 is 23.2 Å². The van der Waals surface area contributed by atoms with Crippen molar-refractivity contribution >= 4 is 39.1 Å². The Balaban J connectivity index is 2.17. The molecule has 0 aliphatic carbocycles. The van der Waals surface area contributed by atoms with E-state index in [1.807, 2.05) is 30.3 Å². The van der Waals surface area contributed by atoms with Crippen molar-refractivity contribution in [2.75, 3.05) is 0 Å². The zero-order valence-electron chi connectivity index (χ0n) is 9.40. The molecule has 0 fully saturated rings. The van der Waals surface area contributed by atoms with Crippen molar-refractivity contribution in [2.24, 2.45) is 5.10 Å². The molecule has 0 saturated heterocycles. The highest BCUT2D eigenvalue weighted by Gasteiger charge is 2.34. The van der Waals surface area contributed by atoms with Crippen LogP contribution in [0.4, 0.5) is 0 Å². The molecular formula is C14H10Cl2N2. The number of benzene rings is 2. The topological polar surface area (TPSA) is 24.4 Å². The van der Waals surface area contributed by atoms with Gasteiger partial charge in [0.15, 0.2) is 5.17 Å². The number of allylic oxidation sites excluding steroid dienone is 1. The second kappa shape index (κ2) is 4.30. The Labute approximate surface area is 115 Å². The summed E-state index contributed by atoms with van der Waals surface area (Å²) < 4.78 is 0. The summed E-state index contributed by atoms with van der Waals surface area (Å²) in [6.07, 6.45) is 3.49. The summed E-state index contributed by atoms with van der Waals surface area (Å²) in [4.78, 5) is -0.878. The van der Waals surface area contributed by atoms with Crippen molar-refractivity contribution in [2.45, 2.75) is 4.87 Å². The highest BCUT2D eigenvalue weighted by Crippen LogP contribution is 2.36. The molecule has 4 heteroatoms. The molecule has 2 aromatic carbocycles. The van der Waals surface area contributed by atoms with Crippen molar-refractivity contribution in [1.82, 2.24) is 5.43 Å². The van der Waals surface area contributed by atoms with Crippen LogP contribution in [0.5, 0.6) is 0 Å². The number of alkyl halides is 1. The van der Waals surface area contributed by atoms with Crippen LogP contribution in [0.3, 0.4) is 0 Å². The Hall–Kier alpha value is -1.51. The molecule has 1 heterocycles. The van der Waals surface area contributed by atoms with E-state index in [2.05, 4.69) is 22.7 Å². The van der Waals surface area contributed by atoms with Gasteiger partial charge in [0.05, 0.1) is 0 Å². The molecule has 1 aliphatic rings. The SMILES string of the molecule is ClC1=NNC=CC1(Cl)c1ccc2ccccc2c1. The van der Waals surface area contributed by atoms with Crippen LogP contribution in [-0.4, -0.2) is 5.17 Å². The summed E-state index contributed by atoms with van der Waals surface area (Å²) in [6, 6.07) is 14.2. The number of fused-ring (bicyclic) bond motifs is 1. The zero-order chi connectivity index (χ0) is 12.6. The van der Waals surface area contributed by atoms with E-state index in [9.17, 15) is 0 Å². The van der Waals surface area contributed by atoms with E-state index in [4.69, 9.17) is 23.2 Å². The molecule has 3 rings (SSSR count). The van der Waals surface area contributed by atoms with E-state index in [-0.39, 0.29) is 0 Å². The van der Waals surface area contributed by atoms with Crippen molar-refractivity contribution in [3.8, 4) is 0 Å². The number of hydrogen-bond donors (Lipinski definition) is 1. The number of nitrogens with one attached hydrogen (secondary N) is 1. The first-order valence-electron chi connectivity index (χ1n) is 5.55. The minimum absolute atomic E-state index is 0.321. The lowest BCUT2D eigenvalue weighted by molar-refractivity contribution is 0.881. The van der Waals surface area contributed by atoms with Gasteiger partial charge in [0.25, 0.3) is 0 Å². The van der Waals surface area contributed by atoms with Gasteiger partial charge >= 0.3 is 0 Å². The molecule has 0 bridgehead atoms. The first-order valence-corrected chi connectivity index (χ1v) is 6.31. The molecule has 1 unspecified atom stereocenters. The summed E-state index contributed by atoms with van der Waals surface area (Å²) in [7, 11) is 0. The maximum absolute atomic E-state index is 6.56. The Kier molecular flexibility index (Phi) is 2.77. The first-order chi connectivity index (χ1) is 8.70. The first kappa shape index (κ1) is 11.6. The fourth-order valence-corrected chi connectivity index (χ4v) is 2.47. The Bertz CT molecular complexity index is 664. The smallest absolute Gasteiger partial charge is 0.155 e. The van der Waals surface area contributed by atoms with Crippen molar-refractivity contribution in [3.05, 3.63) is 60.3 Å². The molecule has 2 aromatic rings. The molecule has 0 radical (unpaired) electrons. The quantitative estimate of drug-likeness (QED) is 0.784. The lowest BCUT2D eigenvalue weighted by Crippen LogP contribution is -2.28. The van der Waals surface area contributed by atoms with Crippen molar-refractivity contribution in [3.63, 3.8) is 0 Å². The molecule has 0 saturated carbocycles. The summed E-state index contributed by atoms with van der Waals surface area (Å²) in [6.45, 7) is 0. The van der Waals surface area contributed by atoms with E-state index in [1.165, 1.54) is 5.39 Å². The summed E-state index contributed by atoms with van der Waals surface area (Å²) in [5.41, 5.74) is 3.60. The highest BCUT2D eigenvalue weighted by atomic mass is 35.5. The summed E-state index contributed by atoms with van der Waals surface area (Å²) in [5, 5.41) is 6.58. The van der Waals surface area contributed by atoms with Crippen LogP contribution in [0, 0.1) is 0 Å². The number of halogens is 2. The minimum atomic E-state index is -0.878. The van der Waals surface area contributed by atoms with Gasteiger partial charge in [-0.1, -0.05) is 48.0 Å². The van der Waals surface area contributed by atoms with Gasteiger partial charge in [0, 0.05) is 6.20 Å². The van der Waals surface area contributed by atoms with Gasteiger partial charge in [-0.3, -0.25) is 5.43 Å². The summed E-state index contributed by atoms with van der Waals surface area (Å²) >= 11 is 12.7. The molecule has 2 nitrogen and oxygen atoms in total. The van der Waals surface area contributed by atoms with Gasteiger partial charge in [0.2, 0.25) is 0 Å². The second-order valence-electron chi connectivity index (χ2n) is 4.14. The van der Waals surface area contributed by atoms with Gasteiger partial charge in [-0.15, -0.1) is 11.6 Å². The zero-order valence-corrected chi connectivity index (χ0v) is 10.9. The third kappa shape index (κ3) is 1.78. The van der Waals surface area contributed by atoms with Crippen LogP contribution in [0.25, 0.3) is 10.8 Å². The normalized spacial score (nSPS) is 22.7. The molecule has 0 spiro atoms. The monoisotopic (exact) mass is 276 g/mol. The average molecular weight is 277 g/mol. The minimum Gasteiger partial charge on any atom is -0.285 e. The number of hydrazone groups is 1. The van der Waals surface area contributed by atoms with Crippen LogP contribution in [0.2, 0.25) is 0 Å². The third-order valence-corrected chi connectivity index (χ3v) is 4.02. The second-order valence-corrected chi connectivity index (χ2v) is 5.09. The van der Waals surface area contributed by atoms with E-state index >= 15 is 0 Å². The molecule has 1 atom stereocenters. The van der Waals surface area contributed by atoms with Crippen molar-refractivity contribution < 1.29 is 0 Å². The molecule has 0 aromatic heterocycles. The van der Waals surface area contributed by atoms with Gasteiger partial charge in [-0.05, 0) is 28.5 Å². The molecule has 18 heavy (non-hydrogen) atoms. The maximum atomic E-state index is 6.56. The van der Waals surface area contributed by atoms with E-state index < -0.39 is 4.87 Å². The average Bonchev–Trinajstić information content (AvgIpc) is 2.42. The van der Waals surface area contributed by atoms with Crippen LogP contribution < -0.4 is 5.43 Å². The van der Waals surface area contributed by atoms with E-state index in [1.54, 1.807) is 12.3 Å². The highest BCUT2D eigenvalue weighted by molar-refractivity contribution is 6.72. The van der Waals surface area contributed by atoms with Gasteiger partial charge in [-0.25, -0.2) is 0 Å². The number of rotatable bonds is 1. The lowest BCUT2D eigenvalue weighted by Gasteiger charge is -2.25. The van der Waals surface area contributed by atoms with Crippen molar-refractivity contribution in [1.29, 1.82) is 0 Å². The molecule has 1 aliphatic heterocycles. The van der Waals surface area contributed by atoms with E-state index in [0.717, 1.165) is 10.9 Å². The lowest BCUT2D eigenvalue weighted by atomic mass is 9.95. The molecule has 1 N–H and O–H groups in total. The third-order valence-electron chi connectivity index (χ3n) is 3.02. The Morgan fingerprint density at radius 3 is 2.61 bits per heavy atom. The van der Waals surface area contributed by atoms with Gasteiger partial charge in [-0.2, -0.15) is 5.10 Å². The molecule has 0 amide bonds. The fourth-order valence-electron chi connectivity index (χ4n) is 2.03. The largest absolute Gasteiger partial charge is 0.285 e. The van der Waals surface area contributed by atoms with Gasteiger partial charge < -0.3 is 0 Å². The predicted octanol–water partition coefficient (Wildman–Crippen LogP) is 3.94. The number of hydrogen-bond acceptors (Lipinski definition) is 2. The summed E-state index contributed by atoms with van der Waals surface area (Å²) in [5.74, 6) is 0. The van der Waals surface area contributed by atoms with Crippen LogP contribution in [0.15, 0.2) is 59.8 Å². The Morgan fingerprint density at radius 2 is 1.83 bits per heavy atom. The van der Waals surface area contributed by atoms with E-state index in [0.29, 0.717) is 5.17 Å². The predicted molar refractivity (Wildman–Crippen MR) is 77.0 cm³/mol. The van der Waals surface area contributed by atoms with Crippen LogP contribution in [0.1, 0.15) is 5.56 Å². The molecule has 90 valence electrons. The van der Waals surface area contributed by atoms with Crippen LogP contribution in [-0.2, 0) is 4.87 Å². The maximum Gasteiger partial charge on any atom is 0.155 e. The standard InChI is InChI=1S/C14H10Cl2N2/c15-13-14(16,7-8-17-18-13)12-6-5-10-3-1-2-4-11(10)9-12/h1-9,17H. The number of nitrogens with zero attached hydrogens (tertiary/aromatic N) is 1.